The minimum Gasteiger partial charge on any atom is -0.370 e. The zero-order valence-corrected chi connectivity index (χ0v) is 9.58. The molecule has 0 amide bonds. The van der Waals surface area contributed by atoms with Crippen LogP contribution < -0.4 is 11.5 Å². The molecule has 0 unspecified atom stereocenters. The van der Waals surface area contributed by atoms with Crippen molar-refractivity contribution in [1.29, 1.82) is 0 Å². The Labute approximate surface area is 91.4 Å². The highest BCUT2D eigenvalue weighted by Crippen LogP contribution is 2.13. The fourth-order valence-electron chi connectivity index (χ4n) is 0.917. The minimum absolute atomic E-state index is 0.135. The lowest BCUT2D eigenvalue weighted by Gasteiger charge is -2.01. The maximum atomic E-state index is 5.23. The second-order valence-corrected chi connectivity index (χ2v) is 3.99. The van der Waals surface area contributed by atoms with Crippen LogP contribution in [0.3, 0.4) is 0 Å². The molecule has 70 valence electrons. The summed E-state index contributed by atoms with van der Waals surface area (Å²) in [6, 6.07) is 6.19. The summed E-state index contributed by atoms with van der Waals surface area (Å²) in [6.45, 7) is 2.63. The molecular formula is C9H12IN3. The van der Waals surface area contributed by atoms with E-state index in [0.717, 1.165) is 5.56 Å². The smallest absolute Gasteiger partial charge is 0.186 e. The van der Waals surface area contributed by atoms with Crippen LogP contribution in [-0.4, -0.2) is 5.96 Å². The maximum Gasteiger partial charge on any atom is 0.186 e. The molecule has 0 radical (unpaired) electrons. The van der Waals surface area contributed by atoms with Gasteiger partial charge in [0, 0.05) is 3.57 Å². The van der Waals surface area contributed by atoms with E-state index in [1.165, 1.54) is 9.13 Å². The Morgan fingerprint density at radius 3 is 2.69 bits per heavy atom. The Balaban J connectivity index is 2.80. The zero-order valence-electron chi connectivity index (χ0n) is 7.42. The second-order valence-electron chi connectivity index (χ2n) is 2.82. The van der Waals surface area contributed by atoms with E-state index >= 15 is 0 Å². The van der Waals surface area contributed by atoms with Crippen LogP contribution in [0, 0.1) is 10.5 Å². The summed E-state index contributed by atoms with van der Waals surface area (Å²) in [5, 5.41) is 0. The summed E-state index contributed by atoms with van der Waals surface area (Å²) in [7, 11) is 0. The van der Waals surface area contributed by atoms with Crippen molar-refractivity contribution in [3.8, 4) is 0 Å². The molecule has 4 heteroatoms. The Kier molecular flexibility index (Phi) is 3.53. The lowest BCUT2D eigenvalue weighted by atomic mass is 10.1. The minimum atomic E-state index is 0.135. The number of halogens is 1. The summed E-state index contributed by atoms with van der Waals surface area (Å²) in [4.78, 5) is 3.93. The zero-order chi connectivity index (χ0) is 9.84. The van der Waals surface area contributed by atoms with Crippen molar-refractivity contribution in [2.24, 2.45) is 16.5 Å². The molecule has 0 atom stereocenters. The van der Waals surface area contributed by atoms with E-state index in [2.05, 4.69) is 46.6 Å². The molecule has 0 saturated carbocycles. The largest absolute Gasteiger partial charge is 0.370 e. The topological polar surface area (TPSA) is 64.4 Å². The van der Waals surface area contributed by atoms with Crippen molar-refractivity contribution in [2.75, 3.05) is 0 Å². The van der Waals surface area contributed by atoms with Gasteiger partial charge in [-0.1, -0.05) is 12.1 Å². The molecule has 0 aliphatic carbocycles. The molecule has 0 fully saturated rings. The van der Waals surface area contributed by atoms with Crippen molar-refractivity contribution >= 4 is 28.6 Å². The number of benzene rings is 1. The van der Waals surface area contributed by atoms with E-state index in [4.69, 9.17) is 11.5 Å². The number of aryl methyl sites for hydroxylation is 1. The summed E-state index contributed by atoms with van der Waals surface area (Å²) in [5.41, 5.74) is 12.9. The van der Waals surface area contributed by atoms with Crippen molar-refractivity contribution in [1.82, 2.24) is 0 Å². The molecular weight excluding hydrogens is 281 g/mol. The lowest BCUT2D eigenvalue weighted by Crippen LogP contribution is -2.22. The number of aliphatic imine (C=N–C) groups is 1. The van der Waals surface area contributed by atoms with Crippen molar-refractivity contribution in [3.05, 3.63) is 32.9 Å². The molecule has 0 saturated heterocycles. The molecule has 1 aromatic rings. The van der Waals surface area contributed by atoms with Crippen LogP contribution in [-0.2, 0) is 6.54 Å². The average molecular weight is 293 g/mol. The van der Waals surface area contributed by atoms with Gasteiger partial charge in [0.05, 0.1) is 6.54 Å². The molecule has 13 heavy (non-hydrogen) atoms. The number of guanidine groups is 1. The molecule has 0 bridgehead atoms. The standard InChI is InChI=1S/C9H12IN3/c1-6-2-3-7(4-8(6)10)5-13-9(11)12/h2-4H,5H2,1H3,(H4,11,12,13)/i10+4. The van der Waals surface area contributed by atoms with Gasteiger partial charge in [-0.05, 0) is 46.7 Å². The van der Waals surface area contributed by atoms with Gasteiger partial charge in [-0.3, -0.25) is 0 Å². The van der Waals surface area contributed by atoms with Gasteiger partial charge in [0.25, 0.3) is 0 Å². The molecule has 3 nitrogen and oxygen atoms in total. The van der Waals surface area contributed by atoms with Gasteiger partial charge in [0.15, 0.2) is 5.96 Å². The van der Waals surface area contributed by atoms with E-state index in [1.54, 1.807) is 0 Å². The van der Waals surface area contributed by atoms with Crippen molar-refractivity contribution in [2.45, 2.75) is 13.5 Å². The molecule has 0 aliphatic rings. The van der Waals surface area contributed by atoms with E-state index in [9.17, 15) is 0 Å². The quantitative estimate of drug-likeness (QED) is 0.491. The normalized spacial score (nSPS) is 9.69. The fraction of sp³-hybridized carbons (Fsp3) is 0.222. The van der Waals surface area contributed by atoms with Gasteiger partial charge >= 0.3 is 0 Å². The number of nitrogens with zero attached hydrogens (tertiary/aromatic N) is 1. The molecule has 0 heterocycles. The molecule has 1 rings (SSSR count). The van der Waals surface area contributed by atoms with Crippen LogP contribution in [0.1, 0.15) is 11.1 Å². The lowest BCUT2D eigenvalue weighted by molar-refractivity contribution is 1.05. The summed E-state index contributed by atoms with van der Waals surface area (Å²) in [5.74, 6) is 0.135. The Hall–Kier alpha value is -0.780. The van der Waals surface area contributed by atoms with Crippen LogP contribution in [0.5, 0.6) is 0 Å². The van der Waals surface area contributed by atoms with E-state index < -0.39 is 0 Å². The molecule has 4 N–H and O–H groups in total. The van der Waals surface area contributed by atoms with Crippen molar-refractivity contribution in [3.63, 3.8) is 0 Å². The van der Waals surface area contributed by atoms with Crippen LogP contribution in [0.25, 0.3) is 0 Å². The first kappa shape index (κ1) is 10.3. The Morgan fingerprint density at radius 1 is 1.46 bits per heavy atom. The van der Waals surface area contributed by atoms with Crippen LogP contribution in [0.4, 0.5) is 0 Å². The highest BCUT2D eigenvalue weighted by atomic mass is 131. The van der Waals surface area contributed by atoms with E-state index in [-0.39, 0.29) is 5.96 Å². The number of rotatable bonds is 2. The fourth-order valence-corrected chi connectivity index (χ4v) is 1.50. The van der Waals surface area contributed by atoms with Crippen LogP contribution in [0.2, 0.25) is 0 Å². The van der Waals surface area contributed by atoms with E-state index in [0.29, 0.717) is 6.54 Å². The van der Waals surface area contributed by atoms with Gasteiger partial charge < -0.3 is 11.5 Å². The Morgan fingerprint density at radius 2 is 2.15 bits per heavy atom. The molecule has 1 aromatic carbocycles. The third-order valence-electron chi connectivity index (χ3n) is 1.68. The first-order chi connectivity index (χ1) is 6.09. The van der Waals surface area contributed by atoms with Gasteiger partial charge in [0.2, 0.25) is 0 Å². The van der Waals surface area contributed by atoms with Gasteiger partial charge in [-0.2, -0.15) is 0 Å². The number of nitrogens with two attached hydrogens (primary N) is 2. The number of hydrogen-bond acceptors (Lipinski definition) is 1. The Bertz CT molecular complexity index is 330. The maximum absolute atomic E-state index is 5.23. The number of hydrogen-bond donors (Lipinski definition) is 2. The first-order valence-corrected chi connectivity index (χ1v) is 4.98. The third kappa shape index (κ3) is 3.22. The molecule has 0 spiro atoms. The average Bonchev–Trinajstić information content (AvgIpc) is 2.07. The molecule has 0 aliphatic heterocycles. The summed E-state index contributed by atoms with van der Waals surface area (Å²) >= 11 is 2.30. The highest BCUT2D eigenvalue weighted by Gasteiger charge is 1.96. The predicted octanol–water partition coefficient (Wildman–Crippen LogP) is 1.37. The third-order valence-corrected chi connectivity index (χ3v) is 2.84. The predicted molar refractivity (Wildman–Crippen MR) is 63.4 cm³/mol. The second kappa shape index (κ2) is 4.45. The van der Waals surface area contributed by atoms with Gasteiger partial charge in [-0.15, -0.1) is 0 Å². The van der Waals surface area contributed by atoms with Gasteiger partial charge in [-0.25, -0.2) is 4.99 Å². The monoisotopic (exact) mass is 293 g/mol. The van der Waals surface area contributed by atoms with Crippen LogP contribution in [0.15, 0.2) is 23.2 Å². The van der Waals surface area contributed by atoms with Crippen molar-refractivity contribution < 1.29 is 0 Å². The highest BCUT2D eigenvalue weighted by molar-refractivity contribution is 14.1. The summed E-state index contributed by atoms with van der Waals surface area (Å²) < 4.78 is 1.24. The van der Waals surface area contributed by atoms with Crippen LogP contribution >= 0.6 is 22.6 Å². The molecule has 0 aromatic heterocycles. The van der Waals surface area contributed by atoms with Gasteiger partial charge in [0.1, 0.15) is 0 Å². The summed E-state index contributed by atoms with van der Waals surface area (Å²) in [6.07, 6.45) is 0. The SMILES string of the molecule is Cc1ccc(CN=C(N)N)cc1[131I]. The van der Waals surface area contributed by atoms with E-state index in [1.807, 2.05) is 6.07 Å². The first-order valence-electron chi connectivity index (χ1n) is 3.90.